The summed E-state index contributed by atoms with van der Waals surface area (Å²) in [6.07, 6.45) is 2.04. The van der Waals surface area contributed by atoms with E-state index in [0.29, 0.717) is 18.0 Å². The number of rotatable bonds is 5. The normalized spacial score (nSPS) is 23.4. The van der Waals surface area contributed by atoms with Crippen molar-refractivity contribution in [3.8, 4) is 0 Å². The van der Waals surface area contributed by atoms with Crippen LogP contribution in [0.5, 0.6) is 0 Å². The van der Waals surface area contributed by atoms with E-state index in [2.05, 4.69) is 37.6 Å². The van der Waals surface area contributed by atoms with Crippen molar-refractivity contribution in [2.75, 3.05) is 13.7 Å². The molecular weight excluding hydrogens is 202 g/mol. The van der Waals surface area contributed by atoms with E-state index in [4.69, 9.17) is 10.5 Å². The first-order chi connectivity index (χ1) is 7.41. The predicted octanol–water partition coefficient (Wildman–Crippen LogP) is 1.60. The Bertz CT molecular complexity index is 263. The van der Waals surface area contributed by atoms with Crippen LogP contribution in [0, 0.1) is 0 Å². The summed E-state index contributed by atoms with van der Waals surface area (Å²) in [6, 6.07) is 0.828. The van der Waals surface area contributed by atoms with Crippen LogP contribution in [0.15, 0.2) is 4.99 Å². The van der Waals surface area contributed by atoms with Crippen molar-refractivity contribution >= 4 is 5.96 Å². The van der Waals surface area contributed by atoms with Gasteiger partial charge < -0.3 is 15.4 Å². The zero-order chi connectivity index (χ0) is 12.3. The largest absolute Gasteiger partial charge is 0.379 e. The number of hydrogen-bond donors (Lipinski definition) is 1. The third-order valence-electron chi connectivity index (χ3n) is 3.47. The monoisotopic (exact) mass is 227 g/mol. The minimum atomic E-state index is -0.115. The molecule has 0 aromatic heterocycles. The number of nitrogens with two attached hydrogens (primary N) is 1. The van der Waals surface area contributed by atoms with Gasteiger partial charge in [0, 0.05) is 13.2 Å². The molecule has 0 saturated carbocycles. The van der Waals surface area contributed by atoms with E-state index < -0.39 is 0 Å². The van der Waals surface area contributed by atoms with Crippen LogP contribution in [-0.2, 0) is 4.74 Å². The summed E-state index contributed by atoms with van der Waals surface area (Å²) < 4.78 is 5.48. The lowest BCUT2D eigenvalue weighted by Gasteiger charge is -2.35. The summed E-state index contributed by atoms with van der Waals surface area (Å²) in [6.45, 7) is 9.38. The molecule has 1 heterocycles. The Morgan fingerprint density at radius 3 is 2.75 bits per heavy atom. The lowest BCUT2D eigenvalue weighted by molar-refractivity contribution is -0.00109. The first-order valence-electron chi connectivity index (χ1n) is 6.04. The smallest absolute Gasteiger partial charge is 0.191 e. The number of guanidine groups is 1. The maximum Gasteiger partial charge on any atom is 0.191 e. The van der Waals surface area contributed by atoms with Crippen molar-refractivity contribution in [2.45, 2.75) is 58.2 Å². The van der Waals surface area contributed by atoms with Gasteiger partial charge in [-0.1, -0.05) is 6.92 Å². The maximum absolute atomic E-state index is 5.94. The second-order valence-corrected chi connectivity index (χ2v) is 5.19. The second kappa shape index (κ2) is 5.04. The zero-order valence-corrected chi connectivity index (χ0v) is 11.2. The molecule has 0 spiro atoms. The van der Waals surface area contributed by atoms with E-state index in [-0.39, 0.29) is 5.60 Å². The van der Waals surface area contributed by atoms with Gasteiger partial charge in [0.2, 0.25) is 0 Å². The van der Waals surface area contributed by atoms with Crippen LogP contribution in [0.4, 0.5) is 0 Å². The molecule has 0 radical (unpaired) electrons. The van der Waals surface area contributed by atoms with Crippen LogP contribution in [0.25, 0.3) is 0 Å². The Morgan fingerprint density at radius 2 is 2.25 bits per heavy atom. The highest BCUT2D eigenvalue weighted by molar-refractivity contribution is 5.80. The Labute approximate surface area is 98.9 Å². The quantitative estimate of drug-likeness (QED) is 0.776. The van der Waals surface area contributed by atoms with Gasteiger partial charge in [0.1, 0.15) is 0 Å². The highest BCUT2D eigenvalue weighted by atomic mass is 16.5. The Kier molecular flexibility index (Phi) is 4.19. The van der Waals surface area contributed by atoms with Gasteiger partial charge in [-0.15, -0.1) is 0 Å². The molecule has 1 aliphatic heterocycles. The van der Waals surface area contributed by atoms with Crippen molar-refractivity contribution < 1.29 is 4.74 Å². The van der Waals surface area contributed by atoms with Gasteiger partial charge in [-0.25, -0.2) is 0 Å². The summed E-state index contributed by atoms with van der Waals surface area (Å²) in [4.78, 5) is 6.59. The second-order valence-electron chi connectivity index (χ2n) is 5.19. The fourth-order valence-corrected chi connectivity index (χ4v) is 2.15. The molecular formula is C12H25N3O. The minimum absolute atomic E-state index is 0.115. The lowest BCUT2D eigenvalue weighted by Crippen LogP contribution is -2.48. The van der Waals surface area contributed by atoms with Crippen LogP contribution >= 0.6 is 0 Å². The average molecular weight is 227 g/mol. The average Bonchev–Trinajstić information content (AvgIpc) is 2.58. The highest BCUT2D eigenvalue weighted by Crippen LogP contribution is 2.24. The van der Waals surface area contributed by atoms with Crippen LogP contribution in [0.2, 0.25) is 0 Å². The molecule has 0 saturated heterocycles. The van der Waals surface area contributed by atoms with Gasteiger partial charge in [0.05, 0.1) is 18.2 Å². The molecule has 0 amide bonds. The summed E-state index contributed by atoms with van der Waals surface area (Å²) in [5, 5.41) is 0. The standard InChI is InChI=1S/C12H25N3O/c1-6-9(2)15-10(8-14-11(15)13)7-12(3,4)16-5/h9-10H,6-8H2,1-5H3,(H2,13,14). The predicted molar refractivity (Wildman–Crippen MR) is 67.6 cm³/mol. The molecule has 1 rings (SSSR count). The molecule has 4 heteroatoms. The van der Waals surface area contributed by atoms with Gasteiger partial charge >= 0.3 is 0 Å². The zero-order valence-electron chi connectivity index (χ0n) is 11.2. The molecule has 2 unspecified atom stereocenters. The molecule has 94 valence electrons. The summed E-state index contributed by atoms with van der Waals surface area (Å²) in [5.74, 6) is 0.686. The summed E-state index contributed by atoms with van der Waals surface area (Å²) in [7, 11) is 1.76. The summed E-state index contributed by atoms with van der Waals surface area (Å²) in [5.41, 5.74) is 5.83. The van der Waals surface area contributed by atoms with Gasteiger partial charge in [-0.05, 0) is 33.6 Å². The third kappa shape index (κ3) is 2.88. The van der Waals surface area contributed by atoms with E-state index in [9.17, 15) is 0 Å². The first-order valence-corrected chi connectivity index (χ1v) is 6.04. The van der Waals surface area contributed by atoms with Gasteiger partial charge in [-0.3, -0.25) is 4.99 Å². The topological polar surface area (TPSA) is 50.8 Å². The van der Waals surface area contributed by atoms with Crippen molar-refractivity contribution in [1.82, 2.24) is 4.90 Å². The van der Waals surface area contributed by atoms with E-state index in [1.807, 2.05) is 0 Å². The van der Waals surface area contributed by atoms with Crippen LogP contribution in [0.3, 0.4) is 0 Å². The molecule has 0 aromatic carbocycles. The Hall–Kier alpha value is -0.770. The van der Waals surface area contributed by atoms with Gasteiger partial charge in [0.25, 0.3) is 0 Å². The van der Waals surface area contributed by atoms with Crippen LogP contribution in [0.1, 0.15) is 40.5 Å². The van der Waals surface area contributed by atoms with Crippen LogP contribution < -0.4 is 5.73 Å². The molecule has 0 aromatic rings. The van der Waals surface area contributed by atoms with E-state index in [1.54, 1.807) is 7.11 Å². The van der Waals surface area contributed by atoms with Gasteiger partial charge in [0.15, 0.2) is 5.96 Å². The van der Waals surface area contributed by atoms with Crippen molar-refractivity contribution in [3.63, 3.8) is 0 Å². The maximum atomic E-state index is 5.94. The number of methoxy groups -OCH3 is 1. The number of ether oxygens (including phenoxy) is 1. The first kappa shape index (κ1) is 13.3. The Balaban J connectivity index is 2.68. The molecule has 2 N–H and O–H groups in total. The molecule has 1 aliphatic rings. The van der Waals surface area contributed by atoms with Crippen molar-refractivity contribution in [1.29, 1.82) is 0 Å². The number of hydrogen-bond acceptors (Lipinski definition) is 4. The molecule has 0 fully saturated rings. The fraction of sp³-hybridized carbons (Fsp3) is 0.917. The summed E-state index contributed by atoms with van der Waals surface area (Å²) >= 11 is 0. The number of nitrogens with zero attached hydrogens (tertiary/aromatic N) is 2. The Morgan fingerprint density at radius 1 is 1.62 bits per heavy atom. The molecule has 2 atom stereocenters. The van der Waals surface area contributed by atoms with E-state index in [0.717, 1.165) is 19.4 Å². The third-order valence-corrected chi connectivity index (χ3v) is 3.47. The van der Waals surface area contributed by atoms with E-state index >= 15 is 0 Å². The molecule has 16 heavy (non-hydrogen) atoms. The van der Waals surface area contributed by atoms with Crippen molar-refractivity contribution in [3.05, 3.63) is 0 Å². The van der Waals surface area contributed by atoms with E-state index in [1.165, 1.54) is 0 Å². The SMILES string of the molecule is CCC(C)N1C(N)=NCC1CC(C)(C)OC. The lowest BCUT2D eigenvalue weighted by atomic mass is 9.97. The molecule has 0 aliphatic carbocycles. The fourth-order valence-electron chi connectivity index (χ4n) is 2.15. The van der Waals surface area contributed by atoms with Crippen LogP contribution in [-0.4, -0.2) is 42.2 Å². The van der Waals surface area contributed by atoms with Gasteiger partial charge in [-0.2, -0.15) is 0 Å². The molecule has 4 nitrogen and oxygen atoms in total. The minimum Gasteiger partial charge on any atom is -0.379 e. The number of aliphatic imine (C=N–C) groups is 1. The van der Waals surface area contributed by atoms with Crippen molar-refractivity contribution in [2.24, 2.45) is 10.7 Å². The molecule has 0 bridgehead atoms. The highest BCUT2D eigenvalue weighted by Gasteiger charge is 2.33.